The Morgan fingerprint density at radius 1 is 1.36 bits per heavy atom. The molecule has 2 unspecified atom stereocenters. The van der Waals surface area contributed by atoms with Gasteiger partial charge in [-0.1, -0.05) is 6.08 Å². The molecule has 0 fully saturated rings. The first-order valence-electron chi connectivity index (χ1n) is 3.38. The SMILES string of the molecule is C=CCOC(CO)C(O)CO. The van der Waals surface area contributed by atoms with Gasteiger partial charge in [0.1, 0.15) is 12.2 Å². The Morgan fingerprint density at radius 3 is 2.36 bits per heavy atom. The van der Waals surface area contributed by atoms with Crippen molar-refractivity contribution in [1.82, 2.24) is 0 Å². The normalized spacial score (nSPS) is 15.9. The van der Waals surface area contributed by atoms with Crippen molar-refractivity contribution < 1.29 is 20.1 Å². The molecule has 0 aromatic heterocycles. The second-order valence-electron chi connectivity index (χ2n) is 2.09. The molecule has 2 atom stereocenters. The van der Waals surface area contributed by atoms with Crippen LogP contribution in [0.3, 0.4) is 0 Å². The van der Waals surface area contributed by atoms with Gasteiger partial charge in [-0.15, -0.1) is 6.58 Å². The zero-order valence-corrected chi connectivity index (χ0v) is 6.31. The van der Waals surface area contributed by atoms with E-state index in [9.17, 15) is 0 Å². The molecule has 4 nitrogen and oxygen atoms in total. The molecule has 0 aliphatic rings. The number of rotatable bonds is 6. The number of aliphatic hydroxyl groups excluding tert-OH is 3. The first kappa shape index (κ1) is 10.6. The van der Waals surface area contributed by atoms with Crippen molar-refractivity contribution in [3.05, 3.63) is 12.7 Å². The molecule has 0 aromatic carbocycles. The van der Waals surface area contributed by atoms with Crippen LogP contribution in [-0.4, -0.2) is 47.3 Å². The van der Waals surface area contributed by atoms with Gasteiger partial charge in [-0.3, -0.25) is 0 Å². The Balaban J connectivity index is 3.64. The maximum Gasteiger partial charge on any atom is 0.109 e. The van der Waals surface area contributed by atoms with E-state index in [1.807, 2.05) is 0 Å². The van der Waals surface area contributed by atoms with Crippen LogP contribution in [-0.2, 0) is 4.74 Å². The minimum atomic E-state index is -1.03. The third-order valence-corrected chi connectivity index (χ3v) is 1.22. The molecule has 0 aromatic rings. The second-order valence-corrected chi connectivity index (χ2v) is 2.09. The highest BCUT2D eigenvalue weighted by Crippen LogP contribution is 1.97. The molecule has 0 saturated heterocycles. The van der Waals surface area contributed by atoms with Gasteiger partial charge < -0.3 is 20.1 Å². The van der Waals surface area contributed by atoms with Crippen LogP contribution in [0.1, 0.15) is 0 Å². The molecule has 0 aliphatic carbocycles. The van der Waals surface area contributed by atoms with Crippen molar-refractivity contribution in [3.63, 3.8) is 0 Å². The van der Waals surface area contributed by atoms with Crippen LogP contribution in [0.5, 0.6) is 0 Å². The third kappa shape index (κ3) is 4.10. The zero-order chi connectivity index (χ0) is 8.69. The minimum absolute atomic E-state index is 0.252. The van der Waals surface area contributed by atoms with Crippen molar-refractivity contribution in [2.45, 2.75) is 12.2 Å². The van der Waals surface area contributed by atoms with Crippen LogP contribution < -0.4 is 0 Å². The Bertz CT molecular complexity index is 105. The summed E-state index contributed by atoms with van der Waals surface area (Å²) in [4.78, 5) is 0. The average Bonchev–Trinajstić information content (AvgIpc) is 2.05. The first-order valence-corrected chi connectivity index (χ1v) is 3.38. The van der Waals surface area contributed by atoms with Crippen LogP contribution in [0, 0.1) is 0 Å². The third-order valence-electron chi connectivity index (χ3n) is 1.22. The average molecular weight is 162 g/mol. The first-order chi connectivity index (χ1) is 5.26. The summed E-state index contributed by atoms with van der Waals surface area (Å²) >= 11 is 0. The van der Waals surface area contributed by atoms with E-state index in [0.717, 1.165) is 0 Å². The molecule has 0 rings (SSSR count). The summed E-state index contributed by atoms with van der Waals surface area (Å²) in [6.07, 6.45) is -0.245. The van der Waals surface area contributed by atoms with Crippen molar-refractivity contribution in [2.75, 3.05) is 19.8 Å². The van der Waals surface area contributed by atoms with Crippen LogP contribution in [0.15, 0.2) is 12.7 Å². The fraction of sp³-hybridized carbons (Fsp3) is 0.714. The van der Waals surface area contributed by atoms with Crippen molar-refractivity contribution in [2.24, 2.45) is 0 Å². The van der Waals surface area contributed by atoms with E-state index in [4.69, 9.17) is 20.1 Å². The predicted octanol–water partition coefficient (Wildman–Crippen LogP) is -1.10. The Labute approximate surface area is 65.7 Å². The molecular formula is C7H14O4. The van der Waals surface area contributed by atoms with Gasteiger partial charge in [0.05, 0.1) is 19.8 Å². The lowest BCUT2D eigenvalue weighted by molar-refractivity contribution is -0.0714. The quantitative estimate of drug-likeness (QED) is 0.434. The number of aliphatic hydroxyl groups is 3. The molecule has 0 heterocycles. The fourth-order valence-corrected chi connectivity index (χ4v) is 0.595. The Hall–Kier alpha value is -0.420. The van der Waals surface area contributed by atoms with Gasteiger partial charge in [0.2, 0.25) is 0 Å². The van der Waals surface area contributed by atoms with Crippen LogP contribution in [0.4, 0.5) is 0 Å². The molecule has 3 N–H and O–H groups in total. The van der Waals surface area contributed by atoms with E-state index < -0.39 is 18.8 Å². The Kier molecular flexibility index (Phi) is 6.06. The van der Waals surface area contributed by atoms with Gasteiger partial charge in [-0.25, -0.2) is 0 Å². The van der Waals surface area contributed by atoms with E-state index in [1.165, 1.54) is 6.08 Å². The van der Waals surface area contributed by atoms with E-state index >= 15 is 0 Å². The van der Waals surface area contributed by atoms with Crippen molar-refractivity contribution >= 4 is 0 Å². The summed E-state index contributed by atoms with van der Waals surface area (Å²) in [5.41, 5.74) is 0. The summed E-state index contributed by atoms with van der Waals surface area (Å²) < 4.78 is 4.92. The lowest BCUT2D eigenvalue weighted by Gasteiger charge is -2.18. The summed E-state index contributed by atoms with van der Waals surface area (Å²) in [6.45, 7) is 2.93. The molecule has 0 aliphatic heterocycles. The van der Waals surface area contributed by atoms with Gasteiger partial charge in [0.25, 0.3) is 0 Å². The smallest absolute Gasteiger partial charge is 0.109 e. The topological polar surface area (TPSA) is 69.9 Å². The van der Waals surface area contributed by atoms with Crippen LogP contribution >= 0.6 is 0 Å². The molecular weight excluding hydrogens is 148 g/mol. The summed E-state index contributed by atoms with van der Waals surface area (Å²) in [7, 11) is 0. The molecule has 66 valence electrons. The highest BCUT2D eigenvalue weighted by Gasteiger charge is 2.16. The van der Waals surface area contributed by atoms with E-state index in [0.29, 0.717) is 0 Å². The summed E-state index contributed by atoms with van der Waals surface area (Å²) in [5, 5.41) is 26.1. The van der Waals surface area contributed by atoms with Gasteiger partial charge in [-0.05, 0) is 0 Å². The van der Waals surface area contributed by atoms with E-state index in [-0.39, 0.29) is 13.2 Å². The summed E-state index contributed by atoms with van der Waals surface area (Å²) in [6, 6.07) is 0. The van der Waals surface area contributed by atoms with E-state index in [1.54, 1.807) is 0 Å². The predicted molar refractivity (Wildman–Crippen MR) is 40.1 cm³/mol. The summed E-state index contributed by atoms with van der Waals surface area (Å²) in [5.74, 6) is 0. The van der Waals surface area contributed by atoms with Gasteiger partial charge in [0, 0.05) is 0 Å². The monoisotopic (exact) mass is 162 g/mol. The van der Waals surface area contributed by atoms with Crippen LogP contribution in [0.25, 0.3) is 0 Å². The molecule has 0 bridgehead atoms. The lowest BCUT2D eigenvalue weighted by Crippen LogP contribution is -2.35. The number of hydrogen-bond acceptors (Lipinski definition) is 4. The van der Waals surface area contributed by atoms with Crippen molar-refractivity contribution in [3.8, 4) is 0 Å². The molecule has 0 amide bonds. The minimum Gasteiger partial charge on any atom is -0.394 e. The molecule has 0 spiro atoms. The Morgan fingerprint density at radius 2 is 2.00 bits per heavy atom. The fourth-order valence-electron chi connectivity index (χ4n) is 0.595. The molecule has 4 heteroatoms. The second kappa shape index (κ2) is 6.30. The maximum atomic E-state index is 8.98. The van der Waals surface area contributed by atoms with Gasteiger partial charge in [0.15, 0.2) is 0 Å². The molecule has 0 radical (unpaired) electrons. The zero-order valence-electron chi connectivity index (χ0n) is 6.31. The largest absolute Gasteiger partial charge is 0.394 e. The van der Waals surface area contributed by atoms with E-state index in [2.05, 4.69) is 6.58 Å². The maximum absolute atomic E-state index is 8.98. The number of ether oxygens (including phenoxy) is 1. The standard InChI is InChI=1S/C7H14O4/c1-2-3-11-7(5-9)6(10)4-8/h2,6-10H,1,3-5H2. The molecule has 11 heavy (non-hydrogen) atoms. The number of hydrogen-bond donors (Lipinski definition) is 3. The van der Waals surface area contributed by atoms with Gasteiger partial charge in [-0.2, -0.15) is 0 Å². The van der Waals surface area contributed by atoms with Crippen molar-refractivity contribution in [1.29, 1.82) is 0 Å². The highest BCUT2D eigenvalue weighted by molar-refractivity contribution is 4.71. The highest BCUT2D eigenvalue weighted by atomic mass is 16.5. The molecule has 0 saturated carbocycles. The lowest BCUT2D eigenvalue weighted by atomic mass is 10.2. The van der Waals surface area contributed by atoms with Crippen LogP contribution in [0.2, 0.25) is 0 Å². The van der Waals surface area contributed by atoms with Gasteiger partial charge >= 0.3 is 0 Å².